The number of amides is 1. The van der Waals surface area contributed by atoms with Crippen molar-refractivity contribution in [2.75, 3.05) is 37.7 Å². The zero-order valence-electron chi connectivity index (χ0n) is 29.8. The summed E-state index contributed by atoms with van der Waals surface area (Å²) in [5.41, 5.74) is 3.00. The maximum Gasteiger partial charge on any atom is 0.308 e. The van der Waals surface area contributed by atoms with Gasteiger partial charge in [0.25, 0.3) is 0 Å². The predicted octanol–water partition coefficient (Wildman–Crippen LogP) is 8.08. The Morgan fingerprint density at radius 2 is 1.62 bits per heavy atom. The van der Waals surface area contributed by atoms with E-state index in [4.69, 9.17) is 14.2 Å². The molecule has 3 aliphatic rings. The lowest BCUT2D eigenvalue weighted by Crippen LogP contribution is -2.47. The molecule has 2 aromatic rings. The Hall–Kier alpha value is -3.06. The van der Waals surface area contributed by atoms with Crippen LogP contribution in [0.25, 0.3) is 0 Å². The van der Waals surface area contributed by atoms with Crippen LogP contribution in [-0.2, 0) is 31.0 Å². The molecule has 0 radical (unpaired) electrons. The number of anilines is 1. The van der Waals surface area contributed by atoms with Gasteiger partial charge in [-0.15, -0.1) is 0 Å². The van der Waals surface area contributed by atoms with Gasteiger partial charge in [0.1, 0.15) is 5.75 Å². The molecule has 1 saturated carbocycles. The molecule has 0 bridgehead atoms. The van der Waals surface area contributed by atoms with E-state index in [0.29, 0.717) is 19.7 Å². The molecule has 3 fully saturated rings. The van der Waals surface area contributed by atoms with Gasteiger partial charge in [-0.1, -0.05) is 45.0 Å². The van der Waals surface area contributed by atoms with Gasteiger partial charge >= 0.3 is 5.97 Å². The third-order valence-corrected chi connectivity index (χ3v) is 10.5. The minimum Gasteiger partial charge on any atom is -0.490 e. The summed E-state index contributed by atoms with van der Waals surface area (Å²) in [5, 5.41) is 0. The highest BCUT2D eigenvalue weighted by atomic mass is 16.5. The number of esters is 1. The Bertz CT molecular complexity index is 1320. The molecule has 258 valence electrons. The fourth-order valence-corrected chi connectivity index (χ4v) is 7.92. The molecule has 47 heavy (non-hydrogen) atoms. The summed E-state index contributed by atoms with van der Waals surface area (Å²) >= 11 is 0. The Balaban J connectivity index is 1.27. The second-order valence-corrected chi connectivity index (χ2v) is 15.8. The van der Waals surface area contributed by atoms with Crippen molar-refractivity contribution < 1.29 is 23.8 Å². The highest BCUT2D eigenvalue weighted by Gasteiger charge is 2.43. The highest BCUT2D eigenvalue weighted by molar-refractivity contribution is 5.81. The molecule has 2 aromatic carbocycles. The van der Waals surface area contributed by atoms with Crippen LogP contribution in [0.5, 0.6) is 5.75 Å². The van der Waals surface area contributed by atoms with Crippen molar-refractivity contribution in [2.24, 2.45) is 11.3 Å². The van der Waals surface area contributed by atoms with Gasteiger partial charge in [0.2, 0.25) is 5.91 Å². The van der Waals surface area contributed by atoms with E-state index < -0.39 is 5.41 Å². The van der Waals surface area contributed by atoms with E-state index in [9.17, 15) is 9.59 Å². The largest absolute Gasteiger partial charge is 0.490 e. The lowest BCUT2D eigenvalue weighted by Gasteiger charge is -2.46. The summed E-state index contributed by atoms with van der Waals surface area (Å²) in [6, 6.07) is 17.5. The lowest BCUT2D eigenvalue weighted by molar-refractivity contribution is -0.149. The summed E-state index contributed by atoms with van der Waals surface area (Å²) in [5.74, 6) is 0.917. The molecule has 2 heterocycles. The first kappa shape index (κ1) is 35.3. The van der Waals surface area contributed by atoms with Crippen molar-refractivity contribution in [2.45, 2.75) is 123 Å². The summed E-state index contributed by atoms with van der Waals surface area (Å²) in [6.07, 6.45) is 8.72. The third-order valence-electron chi connectivity index (χ3n) is 10.5. The van der Waals surface area contributed by atoms with E-state index in [1.807, 2.05) is 39.8 Å². The zero-order chi connectivity index (χ0) is 33.7. The third kappa shape index (κ3) is 9.10. The van der Waals surface area contributed by atoms with Gasteiger partial charge in [0, 0.05) is 49.3 Å². The highest BCUT2D eigenvalue weighted by Crippen LogP contribution is 2.45. The first-order valence-electron chi connectivity index (χ1n) is 18.1. The van der Waals surface area contributed by atoms with Crippen LogP contribution in [0.1, 0.15) is 110 Å². The van der Waals surface area contributed by atoms with E-state index in [2.05, 4.69) is 60.0 Å². The molecular formula is C40H58N2O5. The molecule has 2 aliphatic heterocycles. The van der Waals surface area contributed by atoms with Crippen LogP contribution in [0.4, 0.5) is 5.69 Å². The fraction of sp³-hybridized carbons (Fsp3) is 0.650. The molecule has 0 N–H and O–H groups in total. The number of nitrogens with zero attached hydrogens (tertiary/aromatic N) is 2. The van der Waals surface area contributed by atoms with Crippen LogP contribution in [0, 0.1) is 11.3 Å². The van der Waals surface area contributed by atoms with Gasteiger partial charge in [-0.25, -0.2) is 0 Å². The van der Waals surface area contributed by atoms with Crippen LogP contribution < -0.4 is 9.64 Å². The first-order chi connectivity index (χ1) is 22.4. The zero-order valence-corrected chi connectivity index (χ0v) is 29.8. The van der Waals surface area contributed by atoms with E-state index in [-0.39, 0.29) is 34.9 Å². The standard InChI is InChI=1S/C40H58N2O5/c1-7-45-36(43)31-12-20-35(21-13-31)47-34-18-10-30(11-19-34)28-42(37(44)38(2,3)4)26-22-40(23-27-46-39(5,6)29-40)32-14-16-33(17-15-32)41-24-8-9-25-41/h10-11,14-19,31,35H,7-9,12-13,20-29H2,1-6H3. The van der Waals surface area contributed by atoms with Crippen molar-refractivity contribution in [1.29, 1.82) is 0 Å². The maximum atomic E-state index is 13.9. The Morgan fingerprint density at radius 3 is 2.21 bits per heavy atom. The second-order valence-electron chi connectivity index (χ2n) is 15.8. The number of rotatable bonds is 11. The number of ether oxygens (including phenoxy) is 3. The van der Waals surface area contributed by atoms with Crippen LogP contribution in [0.2, 0.25) is 0 Å². The summed E-state index contributed by atoms with van der Waals surface area (Å²) in [6.45, 7) is 17.0. The van der Waals surface area contributed by atoms with Crippen LogP contribution in [-0.4, -0.2) is 61.3 Å². The van der Waals surface area contributed by atoms with Crippen molar-refractivity contribution in [1.82, 2.24) is 4.90 Å². The van der Waals surface area contributed by atoms with Crippen molar-refractivity contribution in [3.8, 4) is 5.75 Å². The van der Waals surface area contributed by atoms with Gasteiger partial charge in [0.15, 0.2) is 0 Å². The predicted molar refractivity (Wildman–Crippen MR) is 188 cm³/mol. The van der Waals surface area contributed by atoms with Gasteiger partial charge < -0.3 is 24.0 Å². The molecule has 0 spiro atoms. The van der Waals surface area contributed by atoms with E-state index in [1.165, 1.54) is 24.1 Å². The Morgan fingerprint density at radius 1 is 0.957 bits per heavy atom. The number of carbonyl (C=O) groups excluding carboxylic acids is 2. The summed E-state index contributed by atoms with van der Waals surface area (Å²) in [7, 11) is 0. The number of benzene rings is 2. The minimum absolute atomic E-state index is 0.0100. The normalized spacial score (nSPS) is 24.5. The minimum atomic E-state index is -0.481. The van der Waals surface area contributed by atoms with Gasteiger partial charge in [-0.3, -0.25) is 9.59 Å². The molecular weight excluding hydrogens is 588 g/mol. The topological polar surface area (TPSA) is 68.3 Å². The molecule has 1 aliphatic carbocycles. The van der Waals surface area contributed by atoms with Crippen molar-refractivity contribution >= 4 is 17.6 Å². The van der Waals surface area contributed by atoms with Crippen LogP contribution in [0.3, 0.4) is 0 Å². The molecule has 2 saturated heterocycles. The number of hydrogen-bond donors (Lipinski definition) is 0. The molecule has 1 amide bonds. The molecule has 1 atom stereocenters. The number of hydrogen-bond acceptors (Lipinski definition) is 6. The monoisotopic (exact) mass is 646 g/mol. The van der Waals surface area contributed by atoms with Gasteiger partial charge in [0.05, 0.1) is 24.2 Å². The quantitative estimate of drug-likeness (QED) is 0.230. The van der Waals surface area contributed by atoms with E-state index >= 15 is 0 Å². The molecule has 0 aromatic heterocycles. The molecule has 5 rings (SSSR count). The lowest BCUT2D eigenvalue weighted by atomic mass is 9.67. The SMILES string of the molecule is CCOC(=O)C1CCC(Oc2ccc(CN(CCC3(c4ccc(N5CCCC5)cc4)CCOC(C)(C)C3)C(=O)C(C)(C)C)cc2)CC1. The Kier molecular flexibility index (Phi) is 11.3. The Labute approximate surface area is 283 Å². The molecule has 1 unspecified atom stereocenters. The first-order valence-corrected chi connectivity index (χ1v) is 18.1. The average Bonchev–Trinajstić information content (AvgIpc) is 3.59. The fourth-order valence-electron chi connectivity index (χ4n) is 7.92. The maximum absolute atomic E-state index is 13.9. The van der Waals surface area contributed by atoms with Crippen molar-refractivity contribution in [3.63, 3.8) is 0 Å². The van der Waals surface area contributed by atoms with E-state index in [0.717, 1.165) is 76.0 Å². The van der Waals surface area contributed by atoms with E-state index in [1.54, 1.807) is 0 Å². The molecule has 7 nitrogen and oxygen atoms in total. The van der Waals surface area contributed by atoms with Gasteiger partial charge in [-0.2, -0.15) is 0 Å². The molecule has 7 heteroatoms. The average molecular weight is 647 g/mol. The van der Waals surface area contributed by atoms with Crippen LogP contribution in [0.15, 0.2) is 48.5 Å². The number of carbonyl (C=O) groups is 2. The van der Waals surface area contributed by atoms with Crippen molar-refractivity contribution in [3.05, 3.63) is 59.7 Å². The summed E-state index contributed by atoms with van der Waals surface area (Å²) in [4.78, 5) is 30.5. The smallest absolute Gasteiger partial charge is 0.308 e. The van der Waals surface area contributed by atoms with Gasteiger partial charge in [-0.05, 0) is 114 Å². The van der Waals surface area contributed by atoms with Crippen LogP contribution >= 0.6 is 0 Å². The summed E-state index contributed by atoms with van der Waals surface area (Å²) < 4.78 is 17.7. The second kappa shape index (κ2) is 15.0.